The zero-order valence-corrected chi connectivity index (χ0v) is 7.60. The maximum Gasteiger partial charge on any atom is 0.370 e. The van der Waals surface area contributed by atoms with Crippen molar-refractivity contribution in [1.29, 1.82) is 0 Å². The van der Waals surface area contributed by atoms with Gasteiger partial charge in [0.05, 0.1) is 7.11 Å². The second-order valence-corrected chi connectivity index (χ2v) is 2.61. The summed E-state index contributed by atoms with van der Waals surface area (Å²) in [5.74, 6) is -1.35. The summed E-state index contributed by atoms with van der Waals surface area (Å²) in [5.41, 5.74) is 0.603. The summed E-state index contributed by atoms with van der Waals surface area (Å²) in [7, 11) is 1.54. The molecule has 0 spiro atoms. The van der Waals surface area contributed by atoms with E-state index in [9.17, 15) is 4.79 Å². The summed E-state index contributed by atoms with van der Waals surface area (Å²) in [4.78, 5) is 10.3. The number of carboxylic acid groups (broad SMARTS) is 1. The Hall–Kier alpha value is -1.97. The number of hydrogen-bond donors (Lipinski definition) is 2. The summed E-state index contributed by atoms with van der Waals surface area (Å²) in [6, 6.07) is 6.66. The Kier molecular flexibility index (Phi) is 3.12. The van der Waals surface area contributed by atoms with E-state index in [1.165, 1.54) is 6.08 Å². The quantitative estimate of drug-likeness (QED) is 0.567. The summed E-state index contributed by atoms with van der Waals surface area (Å²) in [6.45, 7) is 0. The molecule has 1 aromatic carbocycles. The van der Waals surface area contributed by atoms with Crippen LogP contribution in [0.15, 0.2) is 30.0 Å². The molecule has 0 saturated carbocycles. The highest BCUT2D eigenvalue weighted by Crippen LogP contribution is 2.13. The average molecular weight is 194 g/mol. The Labute approximate surface area is 81.1 Å². The smallest absolute Gasteiger partial charge is 0.370 e. The number of carboxylic acids is 1. The number of methoxy groups -OCH3 is 1. The zero-order valence-electron chi connectivity index (χ0n) is 7.60. The van der Waals surface area contributed by atoms with Crippen molar-refractivity contribution in [1.82, 2.24) is 0 Å². The Balaban J connectivity index is 2.88. The van der Waals surface area contributed by atoms with Gasteiger partial charge in [0.25, 0.3) is 0 Å². The van der Waals surface area contributed by atoms with Gasteiger partial charge in [0.1, 0.15) is 5.75 Å². The molecule has 0 unspecified atom stereocenters. The molecule has 0 bridgehead atoms. The first-order chi connectivity index (χ1) is 6.63. The molecule has 1 aromatic rings. The molecule has 2 N–H and O–H groups in total. The first kappa shape index (κ1) is 10.1. The Morgan fingerprint density at radius 2 is 1.86 bits per heavy atom. The first-order valence-corrected chi connectivity index (χ1v) is 3.91. The van der Waals surface area contributed by atoms with E-state index in [0.29, 0.717) is 11.3 Å². The van der Waals surface area contributed by atoms with Gasteiger partial charge in [-0.05, 0) is 23.8 Å². The van der Waals surface area contributed by atoms with Gasteiger partial charge in [0.2, 0.25) is 5.76 Å². The maximum absolute atomic E-state index is 10.3. The topological polar surface area (TPSA) is 66.8 Å². The van der Waals surface area contributed by atoms with Gasteiger partial charge in [0, 0.05) is 0 Å². The molecule has 0 saturated heterocycles. The molecule has 4 nitrogen and oxygen atoms in total. The van der Waals surface area contributed by atoms with Crippen molar-refractivity contribution in [2.24, 2.45) is 0 Å². The molecular weight excluding hydrogens is 184 g/mol. The van der Waals surface area contributed by atoms with Gasteiger partial charge in [-0.2, -0.15) is 0 Å². The first-order valence-electron chi connectivity index (χ1n) is 3.91. The molecule has 0 radical (unpaired) electrons. The molecule has 0 aliphatic heterocycles. The van der Waals surface area contributed by atoms with Crippen molar-refractivity contribution in [3.63, 3.8) is 0 Å². The fraction of sp³-hybridized carbons (Fsp3) is 0.100. The van der Waals surface area contributed by atoms with Crippen LogP contribution in [-0.2, 0) is 4.79 Å². The van der Waals surface area contributed by atoms with E-state index in [0.717, 1.165) is 0 Å². The minimum absolute atomic E-state index is 0.603. The van der Waals surface area contributed by atoms with Crippen LogP contribution in [0.4, 0.5) is 0 Å². The molecule has 4 heteroatoms. The summed E-state index contributed by atoms with van der Waals surface area (Å²) in [5, 5.41) is 17.3. The Bertz CT molecular complexity index is 351. The Morgan fingerprint density at radius 3 is 2.29 bits per heavy atom. The lowest BCUT2D eigenvalue weighted by atomic mass is 10.2. The fourth-order valence-electron chi connectivity index (χ4n) is 0.920. The average Bonchev–Trinajstić information content (AvgIpc) is 2.19. The number of aliphatic hydroxyl groups is 1. The molecule has 0 atom stereocenters. The highest BCUT2D eigenvalue weighted by Gasteiger charge is 2.02. The monoisotopic (exact) mass is 194 g/mol. The summed E-state index contributed by atoms with van der Waals surface area (Å²) < 4.78 is 4.92. The van der Waals surface area contributed by atoms with Crippen LogP contribution in [0.25, 0.3) is 6.08 Å². The minimum Gasteiger partial charge on any atom is -0.502 e. The van der Waals surface area contributed by atoms with Crippen LogP contribution >= 0.6 is 0 Å². The third-order valence-electron chi connectivity index (χ3n) is 1.64. The van der Waals surface area contributed by atoms with Crippen LogP contribution in [-0.4, -0.2) is 23.3 Å². The van der Waals surface area contributed by atoms with E-state index in [1.54, 1.807) is 31.4 Å². The summed E-state index contributed by atoms with van der Waals surface area (Å²) in [6.07, 6.45) is 1.17. The van der Waals surface area contributed by atoms with Crippen LogP contribution in [0, 0.1) is 0 Å². The highest BCUT2D eigenvalue weighted by atomic mass is 16.5. The van der Waals surface area contributed by atoms with E-state index in [4.69, 9.17) is 14.9 Å². The molecule has 0 amide bonds. The minimum atomic E-state index is -1.35. The lowest BCUT2D eigenvalue weighted by Gasteiger charge is -1.99. The fourth-order valence-corrected chi connectivity index (χ4v) is 0.920. The van der Waals surface area contributed by atoms with Crippen molar-refractivity contribution in [3.05, 3.63) is 35.6 Å². The lowest BCUT2D eigenvalue weighted by Crippen LogP contribution is -1.98. The molecular formula is C10H10O4. The van der Waals surface area contributed by atoms with Gasteiger partial charge in [-0.25, -0.2) is 4.79 Å². The number of hydrogen-bond acceptors (Lipinski definition) is 3. The molecule has 74 valence electrons. The number of aliphatic carboxylic acids is 1. The van der Waals surface area contributed by atoms with Crippen molar-refractivity contribution < 1.29 is 19.7 Å². The normalized spacial score (nSPS) is 11.1. The molecule has 0 aliphatic carbocycles. The van der Waals surface area contributed by atoms with Crippen molar-refractivity contribution in [2.75, 3.05) is 7.11 Å². The molecule has 0 heterocycles. The SMILES string of the molecule is COc1ccc(C=C(O)C(=O)O)cc1. The number of ether oxygens (including phenoxy) is 1. The maximum atomic E-state index is 10.3. The van der Waals surface area contributed by atoms with Gasteiger partial charge < -0.3 is 14.9 Å². The van der Waals surface area contributed by atoms with Gasteiger partial charge in [-0.3, -0.25) is 0 Å². The van der Waals surface area contributed by atoms with Crippen LogP contribution in [0.3, 0.4) is 0 Å². The molecule has 0 aromatic heterocycles. The second kappa shape index (κ2) is 4.32. The van der Waals surface area contributed by atoms with Gasteiger partial charge in [-0.15, -0.1) is 0 Å². The van der Waals surface area contributed by atoms with E-state index >= 15 is 0 Å². The molecule has 1 rings (SSSR count). The molecule has 0 fully saturated rings. The highest BCUT2D eigenvalue weighted by molar-refractivity contribution is 5.89. The van der Waals surface area contributed by atoms with E-state index in [2.05, 4.69) is 0 Å². The third kappa shape index (κ3) is 2.52. The van der Waals surface area contributed by atoms with E-state index in [-0.39, 0.29) is 0 Å². The van der Waals surface area contributed by atoms with Crippen molar-refractivity contribution in [2.45, 2.75) is 0 Å². The summed E-state index contributed by atoms with van der Waals surface area (Å²) >= 11 is 0. The van der Waals surface area contributed by atoms with Crippen molar-refractivity contribution in [3.8, 4) is 5.75 Å². The number of aliphatic hydroxyl groups excluding tert-OH is 1. The molecule has 14 heavy (non-hydrogen) atoms. The van der Waals surface area contributed by atoms with Crippen LogP contribution < -0.4 is 4.74 Å². The largest absolute Gasteiger partial charge is 0.502 e. The molecule has 0 aliphatic rings. The van der Waals surface area contributed by atoms with Crippen LogP contribution in [0.2, 0.25) is 0 Å². The van der Waals surface area contributed by atoms with E-state index < -0.39 is 11.7 Å². The van der Waals surface area contributed by atoms with Gasteiger partial charge in [0.15, 0.2) is 0 Å². The number of benzene rings is 1. The van der Waals surface area contributed by atoms with Crippen molar-refractivity contribution >= 4 is 12.0 Å². The van der Waals surface area contributed by atoms with Crippen LogP contribution in [0.1, 0.15) is 5.56 Å². The zero-order chi connectivity index (χ0) is 10.6. The van der Waals surface area contributed by atoms with Gasteiger partial charge in [-0.1, -0.05) is 12.1 Å². The van der Waals surface area contributed by atoms with Crippen LogP contribution in [0.5, 0.6) is 5.75 Å². The predicted octanol–water partition coefficient (Wildman–Crippen LogP) is 1.68. The van der Waals surface area contributed by atoms with Gasteiger partial charge >= 0.3 is 5.97 Å². The standard InChI is InChI=1S/C10H10O4/c1-14-8-4-2-7(3-5-8)6-9(11)10(12)13/h2-6,11H,1H3,(H,12,13). The third-order valence-corrected chi connectivity index (χ3v) is 1.64. The number of rotatable bonds is 3. The predicted molar refractivity (Wildman–Crippen MR) is 51.2 cm³/mol. The lowest BCUT2D eigenvalue weighted by molar-refractivity contribution is -0.135. The number of carbonyl (C=O) groups is 1. The Morgan fingerprint density at radius 1 is 1.29 bits per heavy atom. The second-order valence-electron chi connectivity index (χ2n) is 2.61. The van der Waals surface area contributed by atoms with E-state index in [1.807, 2.05) is 0 Å².